The summed E-state index contributed by atoms with van der Waals surface area (Å²) in [6.07, 6.45) is 5.93. The Labute approximate surface area is 180 Å². The number of pyridine rings is 2. The number of hydrogen-bond donors (Lipinski definition) is 2. The zero-order valence-corrected chi connectivity index (χ0v) is 17.8. The van der Waals surface area contributed by atoms with E-state index in [2.05, 4.69) is 35.9 Å². The molecule has 0 saturated heterocycles. The van der Waals surface area contributed by atoms with Crippen molar-refractivity contribution in [2.45, 2.75) is 20.0 Å². The van der Waals surface area contributed by atoms with Crippen LogP contribution in [0.25, 0.3) is 16.2 Å². The Balaban J connectivity index is 1.57. The van der Waals surface area contributed by atoms with Crippen molar-refractivity contribution in [1.82, 2.24) is 29.9 Å². The first kappa shape index (κ1) is 20.1. The van der Waals surface area contributed by atoms with Crippen LogP contribution in [0.5, 0.6) is 0 Å². The third-order valence-electron chi connectivity index (χ3n) is 4.30. The van der Waals surface area contributed by atoms with Crippen LogP contribution in [-0.4, -0.2) is 43.1 Å². The summed E-state index contributed by atoms with van der Waals surface area (Å²) in [6.45, 7) is 3.80. The summed E-state index contributed by atoms with van der Waals surface area (Å²) in [5, 5.41) is 14.3. The van der Waals surface area contributed by atoms with Gasteiger partial charge < -0.3 is 15.4 Å². The van der Waals surface area contributed by atoms with Gasteiger partial charge in [-0.25, -0.2) is 24.4 Å². The lowest BCUT2D eigenvalue weighted by molar-refractivity contribution is 0.121. The highest BCUT2D eigenvalue weighted by Crippen LogP contribution is 2.33. The van der Waals surface area contributed by atoms with Crippen LogP contribution >= 0.6 is 22.9 Å². The minimum atomic E-state index is -0.473. The van der Waals surface area contributed by atoms with Crippen molar-refractivity contribution < 1.29 is 9.53 Å². The molecule has 0 aromatic carbocycles. The number of thiazole rings is 1. The first-order valence-electron chi connectivity index (χ1n) is 8.85. The standard InChI is InChI=1S/C18H17ClN8O2S/c1-9(29-3)14-13(8-21-17-15(14)23-10(2)30-17)25-18(28)24-11-6-12(19)16(20-7-11)27-5-4-22-26-27/h4-9H,1-3H3,(H2,24,25,28). The molecule has 2 N–H and O–H groups in total. The van der Waals surface area contributed by atoms with Crippen molar-refractivity contribution in [3.8, 4) is 5.82 Å². The summed E-state index contributed by atoms with van der Waals surface area (Å²) in [7, 11) is 1.60. The van der Waals surface area contributed by atoms with Gasteiger partial charge in [0.15, 0.2) is 5.82 Å². The fourth-order valence-electron chi connectivity index (χ4n) is 2.90. The highest BCUT2D eigenvalue weighted by atomic mass is 35.5. The molecule has 0 bridgehead atoms. The van der Waals surface area contributed by atoms with Gasteiger partial charge >= 0.3 is 6.03 Å². The molecule has 0 aliphatic heterocycles. The average molecular weight is 445 g/mol. The van der Waals surface area contributed by atoms with Gasteiger partial charge in [-0.3, -0.25) is 0 Å². The van der Waals surface area contributed by atoms with E-state index >= 15 is 0 Å². The van der Waals surface area contributed by atoms with Gasteiger partial charge in [0.25, 0.3) is 0 Å². The molecule has 4 aromatic heterocycles. The van der Waals surface area contributed by atoms with Gasteiger partial charge in [0, 0.05) is 12.7 Å². The summed E-state index contributed by atoms with van der Waals surface area (Å²) in [6, 6.07) is 1.11. The highest BCUT2D eigenvalue weighted by Gasteiger charge is 2.20. The molecule has 4 heterocycles. The number of methoxy groups -OCH3 is 1. The maximum absolute atomic E-state index is 12.6. The number of carbonyl (C=O) groups is 1. The zero-order chi connectivity index (χ0) is 21.3. The fourth-order valence-corrected chi connectivity index (χ4v) is 3.93. The second kappa shape index (κ2) is 8.30. The van der Waals surface area contributed by atoms with E-state index in [9.17, 15) is 4.79 Å². The lowest BCUT2D eigenvalue weighted by Gasteiger charge is -2.16. The summed E-state index contributed by atoms with van der Waals surface area (Å²) < 4.78 is 6.91. The topological polar surface area (TPSA) is 120 Å². The van der Waals surface area contributed by atoms with E-state index in [0.717, 1.165) is 15.4 Å². The molecule has 0 radical (unpaired) electrons. The van der Waals surface area contributed by atoms with Crippen LogP contribution in [0.2, 0.25) is 5.02 Å². The van der Waals surface area contributed by atoms with Crippen molar-refractivity contribution in [1.29, 1.82) is 0 Å². The van der Waals surface area contributed by atoms with Gasteiger partial charge in [0.1, 0.15) is 10.3 Å². The Morgan fingerprint density at radius 3 is 2.83 bits per heavy atom. The lowest BCUT2D eigenvalue weighted by atomic mass is 10.1. The molecule has 4 rings (SSSR count). The van der Waals surface area contributed by atoms with E-state index in [4.69, 9.17) is 16.3 Å². The number of aryl methyl sites for hydroxylation is 1. The van der Waals surface area contributed by atoms with Gasteiger partial charge in [0.2, 0.25) is 0 Å². The van der Waals surface area contributed by atoms with Crippen molar-refractivity contribution in [2.75, 3.05) is 17.7 Å². The van der Waals surface area contributed by atoms with E-state index in [0.29, 0.717) is 27.7 Å². The van der Waals surface area contributed by atoms with Gasteiger partial charge in [-0.1, -0.05) is 28.2 Å². The van der Waals surface area contributed by atoms with Gasteiger partial charge in [-0.2, -0.15) is 0 Å². The Morgan fingerprint density at radius 1 is 1.30 bits per heavy atom. The van der Waals surface area contributed by atoms with E-state index < -0.39 is 6.03 Å². The molecule has 10 nitrogen and oxygen atoms in total. The number of nitrogens with one attached hydrogen (secondary N) is 2. The Kier molecular flexibility index (Phi) is 5.57. The average Bonchev–Trinajstić information content (AvgIpc) is 3.36. The number of fused-ring (bicyclic) bond motifs is 1. The largest absolute Gasteiger partial charge is 0.377 e. The summed E-state index contributed by atoms with van der Waals surface area (Å²) in [4.78, 5) is 26.6. The number of halogens is 1. The molecule has 0 saturated carbocycles. The number of hydrogen-bond acceptors (Lipinski definition) is 8. The molecule has 1 atom stereocenters. The molecule has 154 valence electrons. The van der Waals surface area contributed by atoms with Crippen molar-refractivity contribution >= 4 is 50.7 Å². The summed E-state index contributed by atoms with van der Waals surface area (Å²) in [5.74, 6) is 0.407. The second-order valence-electron chi connectivity index (χ2n) is 6.31. The number of anilines is 2. The maximum Gasteiger partial charge on any atom is 0.323 e. The molecule has 0 aliphatic rings. The number of ether oxygens (including phenoxy) is 1. The number of rotatable bonds is 5. The van der Waals surface area contributed by atoms with Crippen molar-refractivity contribution in [2.24, 2.45) is 0 Å². The predicted octanol–water partition coefficient (Wildman–Crippen LogP) is 3.98. The first-order valence-corrected chi connectivity index (χ1v) is 10.0. The van der Waals surface area contributed by atoms with Crippen LogP contribution in [0, 0.1) is 6.92 Å². The lowest BCUT2D eigenvalue weighted by Crippen LogP contribution is -2.21. The van der Waals surface area contributed by atoms with E-state index in [-0.39, 0.29) is 6.10 Å². The fraction of sp³-hybridized carbons (Fsp3) is 0.222. The van der Waals surface area contributed by atoms with Crippen molar-refractivity contribution in [3.63, 3.8) is 0 Å². The Bertz CT molecular complexity index is 1210. The number of amides is 2. The molecule has 12 heteroatoms. The molecular formula is C18H17ClN8O2S. The monoisotopic (exact) mass is 444 g/mol. The van der Waals surface area contributed by atoms with E-state index in [1.54, 1.807) is 25.6 Å². The Hall–Kier alpha value is -3.15. The van der Waals surface area contributed by atoms with Crippen LogP contribution in [0.4, 0.5) is 16.2 Å². The normalized spacial score (nSPS) is 12.1. The molecule has 30 heavy (non-hydrogen) atoms. The first-order chi connectivity index (χ1) is 14.5. The van der Waals surface area contributed by atoms with Crippen LogP contribution in [0.15, 0.2) is 30.9 Å². The number of carbonyl (C=O) groups excluding carboxylic acids is 1. The van der Waals surface area contributed by atoms with Crippen LogP contribution in [-0.2, 0) is 4.74 Å². The SMILES string of the molecule is COC(C)c1c(NC(=O)Nc2cnc(-n3ccnn3)c(Cl)c2)cnc2sc(C)nc12. The zero-order valence-electron chi connectivity index (χ0n) is 16.3. The molecule has 2 amide bonds. The maximum atomic E-state index is 12.6. The molecule has 1 unspecified atom stereocenters. The third-order valence-corrected chi connectivity index (χ3v) is 5.46. The minimum absolute atomic E-state index is 0.287. The quantitative estimate of drug-likeness (QED) is 0.477. The van der Waals surface area contributed by atoms with Gasteiger partial charge in [-0.15, -0.1) is 5.10 Å². The molecular weight excluding hydrogens is 428 g/mol. The number of urea groups is 1. The molecule has 0 fully saturated rings. The Morgan fingerprint density at radius 2 is 2.13 bits per heavy atom. The molecule has 0 spiro atoms. The number of aromatic nitrogens is 6. The van der Waals surface area contributed by atoms with Crippen LogP contribution in [0.1, 0.15) is 23.6 Å². The van der Waals surface area contributed by atoms with Gasteiger partial charge in [0.05, 0.1) is 52.3 Å². The molecule has 0 aliphatic carbocycles. The third kappa shape index (κ3) is 3.95. The number of nitrogens with zero attached hydrogens (tertiary/aromatic N) is 6. The predicted molar refractivity (Wildman–Crippen MR) is 114 cm³/mol. The molecule has 4 aromatic rings. The van der Waals surface area contributed by atoms with Crippen LogP contribution in [0.3, 0.4) is 0 Å². The van der Waals surface area contributed by atoms with Crippen molar-refractivity contribution in [3.05, 3.63) is 46.4 Å². The van der Waals surface area contributed by atoms with Gasteiger partial charge in [-0.05, 0) is 19.9 Å². The van der Waals surface area contributed by atoms with E-state index in [1.807, 2.05) is 13.8 Å². The minimum Gasteiger partial charge on any atom is -0.377 e. The summed E-state index contributed by atoms with van der Waals surface area (Å²) in [5.41, 5.74) is 2.41. The smallest absolute Gasteiger partial charge is 0.323 e. The summed E-state index contributed by atoms with van der Waals surface area (Å²) >= 11 is 7.75. The highest BCUT2D eigenvalue weighted by molar-refractivity contribution is 7.18. The van der Waals surface area contributed by atoms with E-state index in [1.165, 1.54) is 28.4 Å². The van der Waals surface area contributed by atoms with Crippen LogP contribution < -0.4 is 10.6 Å². The second-order valence-corrected chi connectivity index (χ2v) is 7.90.